The maximum Gasteiger partial charge on any atom is 0.280 e. The van der Waals surface area contributed by atoms with Crippen molar-refractivity contribution >= 4 is 11.6 Å². The third-order valence-electron chi connectivity index (χ3n) is 4.78. The van der Waals surface area contributed by atoms with E-state index < -0.39 is 0 Å². The lowest BCUT2D eigenvalue weighted by molar-refractivity contribution is -0.00117. The summed E-state index contributed by atoms with van der Waals surface area (Å²) in [4.78, 5) is 4.48. The van der Waals surface area contributed by atoms with Gasteiger partial charge in [0.2, 0.25) is 5.82 Å². The van der Waals surface area contributed by atoms with Crippen molar-refractivity contribution in [2.45, 2.75) is 26.2 Å². The van der Waals surface area contributed by atoms with Crippen LogP contribution in [0.2, 0.25) is 5.02 Å². The molecule has 4 aromatic rings. The van der Waals surface area contributed by atoms with E-state index >= 15 is 0 Å². The molecule has 1 atom stereocenters. The van der Waals surface area contributed by atoms with Gasteiger partial charge < -0.3 is 9.26 Å². The van der Waals surface area contributed by atoms with Gasteiger partial charge in [0, 0.05) is 10.6 Å². The van der Waals surface area contributed by atoms with Gasteiger partial charge in [-0.1, -0.05) is 63.9 Å². The van der Waals surface area contributed by atoms with Crippen molar-refractivity contribution in [3.8, 4) is 23.0 Å². The van der Waals surface area contributed by atoms with Crippen molar-refractivity contribution in [3.05, 3.63) is 70.4 Å². The molecule has 0 fully saturated rings. The molecule has 2 aromatic carbocycles. The molecular formula is C20H16ClN5O2. The molecular weight excluding hydrogens is 378 g/mol. The molecule has 8 heteroatoms. The van der Waals surface area contributed by atoms with Gasteiger partial charge in [-0.2, -0.15) is 4.98 Å². The SMILES string of the molecule is Cc1ccc(-c2noc(-c3nnn4c3CO[C@H](c3ccc(Cl)cc3)C4)n2)cc1. The second kappa shape index (κ2) is 6.85. The molecule has 28 heavy (non-hydrogen) atoms. The number of ether oxygens (including phenoxy) is 1. The van der Waals surface area contributed by atoms with Crippen molar-refractivity contribution in [1.29, 1.82) is 0 Å². The zero-order chi connectivity index (χ0) is 19.1. The number of halogens is 1. The Kier molecular flexibility index (Phi) is 4.18. The minimum atomic E-state index is -0.106. The first-order valence-electron chi connectivity index (χ1n) is 8.88. The Bertz CT molecular complexity index is 1120. The lowest BCUT2D eigenvalue weighted by atomic mass is 10.1. The fraction of sp³-hybridized carbons (Fsp3) is 0.200. The predicted molar refractivity (Wildman–Crippen MR) is 102 cm³/mol. The van der Waals surface area contributed by atoms with E-state index in [4.69, 9.17) is 20.9 Å². The number of aromatic nitrogens is 5. The van der Waals surface area contributed by atoms with Crippen LogP contribution in [-0.4, -0.2) is 25.1 Å². The predicted octanol–water partition coefficient (Wildman–Crippen LogP) is 4.23. The molecule has 7 nitrogen and oxygen atoms in total. The Balaban J connectivity index is 1.41. The number of rotatable bonds is 3. The summed E-state index contributed by atoms with van der Waals surface area (Å²) in [5.74, 6) is 0.859. The summed E-state index contributed by atoms with van der Waals surface area (Å²) < 4.78 is 13.3. The number of hydrogen-bond donors (Lipinski definition) is 0. The van der Waals surface area contributed by atoms with Gasteiger partial charge in [-0.3, -0.25) is 0 Å². The van der Waals surface area contributed by atoms with Crippen LogP contribution >= 0.6 is 11.6 Å². The second-order valence-corrected chi connectivity index (χ2v) is 7.14. The van der Waals surface area contributed by atoms with Gasteiger partial charge >= 0.3 is 0 Å². The highest BCUT2D eigenvalue weighted by molar-refractivity contribution is 6.30. The summed E-state index contributed by atoms with van der Waals surface area (Å²) in [7, 11) is 0. The van der Waals surface area contributed by atoms with Gasteiger partial charge in [0.05, 0.1) is 18.8 Å². The standard InChI is InChI=1S/C20H16ClN5O2/c1-12-2-4-14(5-3-12)19-22-20(28-24-19)18-16-11-27-17(10-26(16)25-23-18)13-6-8-15(21)9-7-13/h2-9,17H,10-11H2,1H3/t17-/m0/s1. The van der Waals surface area contributed by atoms with Crippen molar-refractivity contribution in [2.75, 3.05) is 0 Å². The minimum Gasteiger partial charge on any atom is -0.365 e. The van der Waals surface area contributed by atoms with E-state index in [9.17, 15) is 0 Å². The van der Waals surface area contributed by atoms with Crippen LogP contribution in [-0.2, 0) is 17.9 Å². The first-order chi connectivity index (χ1) is 13.7. The van der Waals surface area contributed by atoms with Gasteiger partial charge in [-0.05, 0) is 24.6 Å². The molecule has 5 rings (SSSR count). The van der Waals surface area contributed by atoms with E-state index in [1.54, 1.807) is 0 Å². The second-order valence-electron chi connectivity index (χ2n) is 6.71. The van der Waals surface area contributed by atoms with Crippen molar-refractivity contribution in [3.63, 3.8) is 0 Å². The van der Waals surface area contributed by atoms with E-state index in [1.165, 1.54) is 5.56 Å². The smallest absolute Gasteiger partial charge is 0.280 e. The first kappa shape index (κ1) is 17.1. The topological polar surface area (TPSA) is 78.9 Å². The molecule has 0 spiro atoms. The van der Waals surface area contributed by atoms with Crippen LogP contribution in [0.5, 0.6) is 0 Å². The van der Waals surface area contributed by atoms with Crippen LogP contribution in [0.15, 0.2) is 53.1 Å². The van der Waals surface area contributed by atoms with E-state index in [0.29, 0.717) is 35.6 Å². The van der Waals surface area contributed by atoms with Crippen LogP contribution in [0.3, 0.4) is 0 Å². The number of benzene rings is 2. The number of aryl methyl sites for hydroxylation is 1. The molecule has 3 heterocycles. The number of hydrogen-bond acceptors (Lipinski definition) is 6. The molecule has 0 unspecified atom stereocenters. The highest BCUT2D eigenvalue weighted by Gasteiger charge is 2.28. The summed E-state index contributed by atoms with van der Waals surface area (Å²) in [5, 5.41) is 13.3. The Hall–Kier alpha value is -3.03. The Labute approximate surface area is 165 Å². The normalized spacial score (nSPS) is 16.1. The van der Waals surface area contributed by atoms with E-state index in [0.717, 1.165) is 16.8 Å². The van der Waals surface area contributed by atoms with Crippen molar-refractivity contribution < 1.29 is 9.26 Å². The number of fused-ring (bicyclic) bond motifs is 1. The van der Waals surface area contributed by atoms with Crippen LogP contribution in [0.25, 0.3) is 23.0 Å². The summed E-state index contributed by atoms with van der Waals surface area (Å²) >= 11 is 5.97. The van der Waals surface area contributed by atoms with Crippen LogP contribution in [0.4, 0.5) is 0 Å². The largest absolute Gasteiger partial charge is 0.365 e. The zero-order valence-corrected chi connectivity index (χ0v) is 15.8. The third kappa shape index (κ3) is 3.08. The van der Waals surface area contributed by atoms with Gasteiger partial charge in [0.15, 0.2) is 5.69 Å². The maximum absolute atomic E-state index is 6.02. The summed E-state index contributed by atoms with van der Waals surface area (Å²) in [6.07, 6.45) is -0.106. The Morgan fingerprint density at radius 1 is 1.07 bits per heavy atom. The van der Waals surface area contributed by atoms with Gasteiger partial charge in [0.25, 0.3) is 5.89 Å². The number of nitrogens with zero attached hydrogens (tertiary/aromatic N) is 5. The quantitative estimate of drug-likeness (QED) is 0.518. The highest BCUT2D eigenvalue weighted by atomic mass is 35.5. The molecule has 0 amide bonds. The molecule has 0 N–H and O–H groups in total. The minimum absolute atomic E-state index is 0.106. The van der Waals surface area contributed by atoms with Crippen LogP contribution in [0.1, 0.15) is 22.9 Å². The van der Waals surface area contributed by atoms with Crippen LogP contribution in [0, 0.1) is 6.92 Å². The van der Waals surface area contributed by atoms with E-state index in [2.05, 4.69) is 20.5 Å². The van der Waals surface area contributed by atoms with E-state index in [-0.39, 0.29) is 6.10 Å². The molecule has 1 aliphatic heterocycles. The average Bonchev–Trinajstić information content (AvgIpc) is 3.35. The molecule has 2 aromatic heterocycles. The molecule has 0 saturated heterocycles. The van der Waals surface area contributed by atoms with Gasteiger partial charge in [0.1, 0.15) is 6.10 Å². The highest BCUT2D eigenvalue weighted by Crippen LogP contribution is 2.31. The van der Waals surface area contributed by atoms with Crippen molar-refractivity contribution in [2.24, 2.45) is 0 Å². The fourth-order valence-electron chi connectivity index (χ4n) is 3.20. The zero-order valence-electron chi connectivity index (χ0n) is 15.0. The Morgan fingerprint density at radius 3 is 2.64 bits per heavy atom. The lowest BCUT2D eigenvalue weighted by Crippen LogP contribution is -2.22. The molecule has 0 saturated carbocycles. The average molecular weight is 394 g/mol. The summed E-state index contributed by atoms with van der Waals surface area (Å²) in [6.45, 7) is 2.95. The first-order valence-corrected chi connectivity index (χ1v) is 9.26. The molecule has 0 bridgehead atoms. The Morgan fingerprint density at radius 2 is 1.86 bits per heavy atom. The molecule has 0 radical (unpaired) electrons. The molecule has 140 valence electrons. The van der Waals surface area contributed by atoms with Crippen LogP contribution < -0.4 is 0 Å². The van der Waals surface area contributed by atoms with E-state index in [1.807, 2.05) is 60.1 Å². The van der Waals surface area contributed by atoms with Gasteiger partial charge in [-0.25, -0.2) is 4.68 Å². The fourth-order valence-corrected chi connectivity index (χ4v) is 3.32. The maximum atomic E-state index is 6.02. The summed E-state index contributed by atoms with van der Waals surface area (Å²) in [5.41, 5.74) is 4.49. The molecule has 0 aliphatic carbocycles. The van der Waals surface area contributed by atoms with Gasteiger partial charge in [-0.15, -0.1) is 5.10 Å². The van der Waals surface area contributed by atoms with Crippen molar-refractivity contribution in [1.82, 2.24) is 25.1 Å². The lowest BCUT2D eigenvalue weighted by Gasteiger charge is -2.24. The summed E-state index contributed by atoms with van der Waals surface area (Å²) in [6, 6.07) is 15.6. The molecule has 1 aliphatic rings. The third-order valence-corrected chi connectivity index (χ3v) is 5.03. The monoisotopic (exact) mass is 393 g/mol.